The molecule has 11 heavy (non-hydrogen) atoms. The molecule has 0 aliphatic rings. The number of amides is 1. The topological polar surface area (TPSA) is 66.9 Å². The number of nitrogens with zero attached hydrogens (tertiary/aromatic N) is 2. The fraction of sp³-hybridized carbons (Fsp3) is 0.167. The standard InChI is InChI=1S/C6H8N4O/c11-5-7-4-10-6-8-2-1-3-9-6/h1-3,5H,4H2,(H,7,11)(H,8,9,10). The van der Waals surface area contributed by atoms with Crippen molar-refractivity contribution in [1.29, 1.82) is 0 Å². The van der Waals surface area contributed by atoms with E-state index in [0.29, 0.717) is 19.0 Å². The lowest BCUT2D eigenvalue weighted by molar-refractivity contribution is -0.109. The zero-order chi connectivity index (χ0) is 7.94. The maximum absolute atomic E-state index is 9.80. The number of hydrogen-bond donors (Lipinski definition) is 2. The van der Waals surface area contributed by atoms with Crippen LogP contribution in [0.25, 0.3) is 0 Å². The predicted molar refractivity (Wildman–Crippen MR) is 39.7 cm³/mol. The van der Waals surface area contributed by atoms with Gasteiger partial charge in [-0.1, -0.05) is 0 Å². The molecule has 5 heteroatoms. The Morgan fingerprint density at radius 1 is 1.45 bits per heavy atom. The molecule has 58 valence electrons. The van der Waals surface area contributed by atoms with Gasteiger partial charge < -0.3 is 10.6 Å². The Hall–Kier alpha value is -1.65. The third-order valence-corrected chi connectivity index (χ3v) is 0.998. The number of carbonyl (C=O) groups is 1. The van der Waals surface area contributed by atoms with Crippen LogP contribution < -0.4 is 10.6 Å². The molecule has 0 aromatic carbocycles. The van der Waals surface area contributed by atoms with E-state index in [0.717, 1.165) is 0 Å². The van der Waals surface area contributed by atoms with E-state index in [1.54, 1.807) is 18.5 Å². The smallest absolute Gasteiger partial charge is 0.223 e. The van der Waals surface area contributed by atoms with Crippen LogP contribution in [-0.2, 0) is 4.79 Å². The third kappa shape index (κ3) is 2.61. The Bertz CT molecular complexity index is 213. The second-order valence-corrected chi connectivity index (χ2v) is 1.75. The summed E-state index contributed by atoms with van der Waals surface area (Å²) in [5.74, 6) is 0.502. The lowest BCUT2D eigenvalue weighted by Gasteiger charge is -2.00. The minimum atomic E-state index is 0.341. The minimum Gasteiger partial charge on any atom is -0.341 e. The number of hydrogen-bond acceptors (Lipinski definition) is 4. The van der Waals surface area contributed by atoms with Crippen LogP contribution in [0, 0.1) is 0 Å². The summed E-state index contributed by atoms with van der Waals surface area (Å²) in [6.45, 7) is 0.341. The molecule has 0 bridgehead atoms. The van der Waals surface area contributed by atoms with Crippen LogP contribution in [0.4, 0.5) is 5.95 Å². The molecule has 0 atom stereocenters. The molecule has 0 aliphatic heterocycles. The highest BCUT2D eigenvalue weighted by Gasteiger charge is 1.88. The van der Waals surface area contributed by atoms with Crippen molar-refractivity contribution in [2.75, 3.05) is 12.0 Å². The molecule has 0 spiro atoms. The van der Waals surface area contributed by atoms with Gasteiger partial charge in [0.1, 0.15) is 0 Å². The van der Waals surface area contributed by atoms with Crippen molar-refractivity contribution in [1.82, 2.24) is 15.3 Å². The summed E-state index contributed by atoms with van der Waals surface area (Å²) in [6, 6.07) is 1.72. The van der Waals surface area contributed by atoms with Crippen molar-refractivity contribution in [2.24, 2.45) is 0 Å². The highest BCUT2D eigenvalue weighted by Crippen LogP contribution is 1.90. The molecule has 5 nitrogen and oxygen atoms in total. The van der Waals surface area contributed by atoms with E-state index in [9.17, 15) is 4.79 Å². The first kappa shape index (κ1) is 7.46. The van der Waals surface area contributed by atoms with E-state index in [4.69, 9.17) is 0 Å². The molecule has 0 saturated heterocycles. The molecular weight excluding hydrogens is 144 g/mol. The Kier molecular flexibility index (Phi) is 2.85. The van der Waals surface area contributed by atoms with Gasteiger partial charge in [-0.05, 0) is 6.07 Å². The average molecular weight is 152 g/mol. The molecular formula is C6H8N4O. The van der Waals surface area contributed by atoms with Gasteiger partial charge in [0.2, 0.25) is 12.4 Å². The molecule has 0 aliphatic carbocycles. The summed E-state index contributed by atoms with van der Waals surface area (Å²) in [5.41, 5.74) is 0. The monoisotopic (exact) mass is 152 g/mol. The van der Waals surface area contributed by atoms with Crippen LogP contribution in [0.3, 0.4) is 0 Å². The SMILES string of the molecule is O=CNCNc1ncccn1. The second-order valence-electron chi connectivity index (χ2n) is 1.75. The molecule has 0 unspecified atom stereocenters. The lowest BCUT2D eigenvalue weighted by Crippen LogP contribution is -2.20. The lowest BCUT2D eigenvalue weighted by atomic mass is 10.7. The minimum absolute atomic E-state index is 0.341. The largest absolute Gasteiger partial charge is 0.341 e. The maximum Gasteiger partial charge on any atom is 0.223 e. The van der Waals surface area contributed by atoms with Gasteiger partial charge in [0.15, 0.2) is 0 Å². The number of aromatic nitrogens is 2. The number of anilines is 1. The third-order valence-electron chi connectivity index (χ3n) is 0.998. The number of rotatable bonds is 4. The molecule has 0 fully saturated rings. The quantitative estimate of drug-likeness (QED) is 0.350. The van der Waals surface area contributed by atoms with Gasteiger partial charge in [0, 0.05) is 12.4 Å². The molecule has 1 heterocycles. The van der Waals surface area contributed by atoms with Crippen LogP contribution in [0.15, 0.2) is 18.5 Å². The van der Waals surface area contributed by atoms with Crippen molar-refractivity contribution in [2.45, 2.75) is 0 Å². The van der Waals surface area contributed by atoms with Crippen molar-refractivity contribution >= 4 is 12.4 Å². The van der Waals surface area contributed by atoms with E-state index in [2.05, 4.69) is 20.6 Å². The van der Waals surface area contributed by atoms with Crippen LogP contribution in [0.2, 0.25) is 0 Å². The maximum atomic E-state index is 9.80. The first-order chi connectivity index (χ1) is 5.43. The molecule has 2 N–H and O–H groups in total. The summed E-state index contributed by atoms with van der Waals surface area (Å²) >= 11 is 0. The zero-order valence-corrected chi connectivity index (χ0v) is 5.82. The van der Waals surface area contributed by atoms with E-state index in [1.807, 2.05) is 0 Å². The Labute approximate surface area is 63.9 Å². The van der Waals surface area contributed by atoms with Crippen LogP contribution in [0.5, 0.6) is 0 Å². The summed E-state index contributed by atoms with van der Waals surface area (Å²) in [4.78, 5) is 17.5. The van der Waals surface area contributed by atoms with Gasteiger partial charge in [-0.2, -0.15) is 0 Å². The van der Waals surface area contributed by atoms with Gasteiger partial charge in [-0.3, -0.25) is 4.79 Å². The summed E-state index contributed by atoms with van der Waals surface area (Å²) in [6.07, 6.45) is 3.85. The fourth-order valence-electron chi connectivity index (χ4n) is 0.562. The van der Waals surface area contributed by atoms with E-state index >= 15 is 0 Å². The molecule has 1 rings (SSSR count). The Morgan fingerprint density at radius 3 is 2.82 bits per heavy atom. The average Bonchev–Trinajstić information content (AvgIpc) is 2.07. The van der Waals surface area contributed by atoms with Gasteiger partial charge in [-0.15, -0.1) is 0 Å². The first-order valence-corrected chi connectivity index (χ1v) is 3.11. The number of nitrogens with one attached hydrogen (secondary N) is 2. The summed E-state index contributed by atoms with van der Waals surface area (Å²) in [5, 5.41) is 5.21. The summed E-state index contributed by atoms with van der Waals surface area (Å²) in [7, 11) is 0. The van der Waals surface area contributed by atoms with Crippen LogP contribution in [-0.4, -0.2) is 23.0 Å². The van der Waals surface area contributed by atoms with Gasteiger partial charge in [0.05, 0.1) is 6.67 Å². The van der Waals surface area contributed by atoms with E-state index < -0.39 is 0 Å². The van der Waals surface area contributed by atoms with E-state index in [-0.39, 0.29) is 0 Å². The fourth-order valence-corrected chi connectivity index (χ4v) is 0.562. The highest BCUT2D eigenvalue weighted by molar-refractivity contribution is 5.46. The normalized spacial score (nSPS) is 8.73. The molecule has 1 aromatic rings. The van der Waals surface area contributed by atoms with Crippen molar-refractivity contribution in [3.05, 3.63) is 18.5 Å². The molecule has 1 amide bonds. The van der Waals surface area contributed by atoms with Crippen molar-refractivity contribution in [3.63, 3.8) is 0 Å². The molecule has 0 saturated carbocycles. The second kappa shape index (κ2) is 4.21. The van der Waals surface area contributed by atoms with Crippen molar-refractivity contribution < 1.29 is 4.79 Å². The van der Waals surface area contributed by atoms with Crippen LogP contribution in [0.1, 0.15) is 0 Å². The van der Waals surface area contributed by atoms with Gasteiger partial charge in [0.25, 0.3) is 0 Å². The Balaban J connectivity index is 2.33. The highest BCUT2D eigenvalue weighted by atomic mass is 16.1. The van der Waals surface area contributed by atoms with Gasteiger partial charge >= 0.3 is 0 Å². The summed E-state index contributed by atoms with van der Waals surface area (Å²) < 4.78 is 0. The number of carbonyl (C=O) groups excluding carboxylic acids is 1. The van der Waals surface area contributed by atoms with E-state index in [1.165, 1.54) is 0 Å². The first-order valence-electron chi connectivity index (χ1n) is 3.11. The Morgan fingerprint density at radius 2 is 2.18 bits per heavy atom. The molecule has 0 radical (unpaired) electrons. The van der Waals surface area contributed by atoms with Crippen molar-refractivity contribution in [3.8, 4) is 0 Å². The predicted octanol–water partition coefficient (Wildman–Crippen LogP) is -0.408. The van der Waals surface area contributed by atoms with Crippen LogP contribution >= 0.6 is 0 Å². The molecule has 1 aromatic heterocycles. The van der Waals surface area contributed by atoms with Gasteiger partial charge in [-0.25, -0.2) is 9.97 Å². The zero-order valence-electron chi connectivity index (χ0n) is 5.82.